The summed E-state index contributed by atoms with van der Waals surface area (Å²) in [6, 6.07) is -0.0220. The molecule has 0 saturated heterocycles. The Balaban J connectivity index is 1.53. The number of rotatable bonds is 18. The van der Waals surface area contributed by atoms with E-state index in [2.05, 4.69) is 19.2 Å². The van der Waals surface area contributed by atoms with Gasteiger partial charge < -0.3 is 34.4 Å². The lowest BCUT2D eigenvalue weighted by atomic mass is 9.86. The van der Waals surface area contributed by atoms with Gasteiger partial charge in [0.2, 0.25) is 17.7 Å². The van der Waals surface area contributed by atoms with Gasteiger partial charge in [0.25, 0.3) is 0 Å². The molecule has 3 aliphatic rings. The number of carbonyl (C=O) groups excluding carboxylic acids is 3. The third-order valence-corrected chi connectivity index (χ3v) is 9.54. The highest BCUT2D eigenvalue weighted by molar-refractivity contribution is 5.89. The summed E-state index contributed by atoms with van der Waals surface area (Å²) in [5.41, 5.74) is 0. The van der Waals surface area contributed by atoms with E-state index in [4.69, 9.17) is 14.2 Å². The number of carbonyl (C=O) groups is 4. The fourth-order valence-electron chi connectivity index (χ4n) is 6.84. The van der Waals surface area contributed by atoms with Crippen molar-refractivity contribution in [3.05, 3.63) is 0 Å². The van der Waals surface area contributed by atoms with Crippen LogP contribution in [0, 0.1) is 11.8 Å². The molecule has 0 radical (unpaired) electrons. The maximum Gasteiger partial charge on any atom is 0.305 e. The van der Waals surface area contributed by atoms with Crippen LogP contribution in [0.15, 0.2) is 0 Å². The summed E-state index contributed by atoms with van der Waals surface area (Å²) in [7, 11) is 1.63. The Hall–Kier alpha value is -2.24. The summed E-state index contributed by atoms with van der Waals surface area (Å²) in [6.45, 7) is 5.28. The van der Waals surface area contributed by atoms with Crippen LogP contribution in [0.1, 0.15) is 110 Å². The molecule has 45 heavy (non-hydrogen) atoms. The molecule has 11 heteroatoms. The van der Waals surface area contributed by atoms with Crippen molar-refractivity contribution in [2.75, 3.05) is 46.5 Å². The number of aliphatic carboxylic acids is 1. The standard InChI is InChI=1S/C34H59N3O8/c1-25(2)15-17-36(32(39)24-37(18-16-33(40)41)34(42)26-9-7-13-29(21-26)43-3)23-31(38)35-27-10-8-14-30(22-27)45-20-19-44-28-11-5-4-6-12-28/h25-30H,4-24H2,1-3H3,(H,35,38)(H,40,41). The minimum Gasteiger partial charge on any atom is -0.481 e. The Morgan fingerprint density at radius 3 is 2.13 bits per heavy atom. The Kier molecular flexibility index (Phi) is 16.6. The van der Waals surface area contributed by atoms with E-state index in [1.807, 2.05) is 0 Å². The Bertz CT molecular complexity index is 925. The van der Waals surface area contributed by atoms with Crippen LogP contribution in [0.2, 0.25) is 0 Å². The van der Waals surface area contributed by atoms with E-state index in [0.717, 1.165) is 51.4 Å². The number of amides is 3. The van der Waals surface area contributed by atoms with Gasteiger partial charge in [-0.2, -0.15) is 0 Å². The highest BCUT2D eigenvalue weighted by Gasteiger charge is 2.33. The molecule has 3 rings (SSSR count). The lowest BCUT2D eigenvalue weighted by molar-refractivity contribution is -0.147. The van der Waals surface area contributed by atoms with Crippen LogP contribution in [0.5, 0.6) is 0 Å². The van der Waals surface area contributed by atoms with Crippen LogP contribution in [0.3, 0.4) is 0 Å². The van der Waals surface area contributed by atoms with Crippen molar-refractivity contribution < 1.29 is 38.5 Å². The first-order chi connectivity index (χ1) is 21.6. The van der Waals surface area contributed by atoms with E-state index in [-0.39, 0.29) is 67.9 Å². The van der Waals surface area contributed by atoms with Gasteiger partial charge in [0, 0.05) is 32.2 Å². The molecule has 3 aliphatic carbocycles. The molecule has 4 unspecified atom stereocenters. The molecule has 4 atom stereocenters. The molecular formula is C34H59N3O8. The first-order valence-corrected chi connectivity index (χ1v) is 17.5. The smallest absolute Gasteiger partial charge is 0.305 e. The molecule has 0 aromatic rings. The average Bonchev–Trinajstić information content (AvgIpc) is 3.03. The Labute approximate surface area is 270 Å². The molecule has 0 heterocycles. The van der Waals surface area contributed by atoms with Gasteiger partial charge in [-0.25, -0.2) is 0 Å². The van der Waals surface area contributed by atoms with E-state index in [0.29, 0.717) is 51.0 Å². The summed E-state index contributed by atoms with van der Waals surface area (Å²) in [5.74, 6) is -1.79. The third kappa shape index (κ3) is 14.0. The molecule has 0 spiro atoms. The maximum atomic E-state index is 13.6. The molecule has 0 aliphatic heterocycles. The molecule has 3 amide bonds. The Morgan fingerprint density at radius 2 is 1.44 bits per heavy atom. The van der Waals surface area contributed by atoms with Crippen molar-refractivity contribution in [2.24, 2.45) is 11.8 Å². The number of nitrogens with one attached hydrogen (secondary N) is 1. The van der Waals surface area contributed by atoms with Gasteiger partial charge in [0.1, 0.15) is 0 Å². The van der Waals surface area contributed by atoms with Crippen LogP contribution >= 0.6 is 0 Å². The van der Waals surface area contributed by atoms with Crippen LogP contribution < -0.4 is 5.32 Å². The third-order valence-electron chi connectivity index (χ3n) is 9.54. The lowest BCUT2D eigenvalue weighted by Gasteiger charge is -2.33. The van der Waals surface area contributed by atoms with Crippen molar-refractivity contribution >= 4 is 23.7 Å². The molecule has 11 nitrogen and oxygen atoms in total. The highest BCUT2D eigenvalue weighted by Crippen LogP contribution is 2.28. The van der Waals surface area contributed by atoms with Gasteiger partial charge in [-0.05, 0) is 70.1 Å². The van der Waals surface area contributed by atoms with Crippen molar-refractivity contribution in [1.29, 1.82) is 0 Å². The molecule has 0 bridgehead atoms. The van der Waals surface area contributed by atoms with Crippen LogP contribution in [-0.4, -0.2) is 109 Å². The number of carboxylic acid groups (broad SMARTS) is 1. The van der Waals surface area contributed by atoms with E-state index < -0.39 is 5.97 Å². The molecule has 2 N–H and O–H groups in total. The lowest BCUT2D eigenvalue weighted by Crippen LogP contribution is -2.50. The van der Waals surface area contributed by atoms with E-state index in [1.165, 1.54) is 29.1 Å². The topological polar surface area (TPSA) is 135 Å². The zero-order valence-corrected chi connectivity index (χ0v) is 28.0. The summed E-state index contributed by atoms with van der Waals surface area (Å²) in [5, 5.41) is 12.4. The Morgan fingerprint density at radius 1 is 0.778 bits per heavy atom. The number of nitrogens with zero attached hydrogens (tertiary/aromatic N) is 2. The average molecular weight is 638 g/mol. The van der Waals surface area contributed by atoms with Crippen molar-refractivity contribution in [2.45, 2.75) is 135 Å². The molecule has 258 valence electrons. The predicted octanol–water partition coefficient (Wildman–Crippen LogP) is 4.16. The highest BCUT2D eigenvalue weighted by atomic mass is 16.5. The van der Waals surface area contributed by atoms with E-state index in [1.54, 1.807) is 7.11 Å². The first kappa shape index (κ1) is 37.2. The molecule has 3 fully saturated rings. The second-order valence-corrected chi connectivity index (χ2v) is 13.7. The maximum absolute atomic E-state index is 13.6. The van der Waals surface area contributed by atoms with Gasteiger partial charge in [-0.1, -0.05) is 39.5 Å². The quantitative estimate of drug-likeness (QED) is 0.214. The molecule has 0 aromatic carbocycles. The van der Waals surface area contributed by atoms with Gasteiger partial charge >= 0.3 is 5.97 Å². The molecule has 0 aromatic heterocycles. The van der Waals surface area contributed by atoms with Crippen LogP contribution in [0.25, 0.3) is 0 Å². The van der Waals surface area contributed by atoms with E-state index in [9.17, 15) is 24.3 Å². The number of ether oxygens (including phenoxy) is 3. The number of hydrogen-bond acceptors (Lipinski definition) is 7. The van der Waals surface area contributed by atoms with Crippen molar-refractivity contribution in [3.63, 3.8) is 0 Å². The fourth-order valence-corrected chi connectivity index (χ4v) is 6.84. The zero-order chi connectivity index (χ0) is 32.6. The molecule has 3 saturated carbocycles. The van der Waals surface area contributed by atoms with Gasteiger partial charge in [-0.15, -0.1) is 0 Å². The first-order valence-electron chi connectivity index (χ1n) is 17.5. The van der Waals surface area contributed by atoms with Crippen LogP contribution in [0.4, 0.5) is 0 Å². The minimum absolute atomic E-state index is 0.0179. The summed E-state index contributed by atoms with van der Waals surface area (Å²) >= 11 is 0. The second kappa shape index (κ2) is 20.1. The van der Waals surface area contributed by atoms with Crippen LogP contribution in [-0.2, 0) is 33.4 Å². The van der Waals surface area contributed by atoms with Crippen molar-refractivity contribution in [3.8, 4) is 0 Å². The normalized spacial score (nSPS) is 24.3. The summed E-state index contributed by atoms with van der Waals surface area (Å²) in [6.07, 6.45) is 13.4. The van der Waals surface area contributed by atoms with Gasteiger partial charge in [0.05, 0.1) is 51.0 Å². The van der Waals surface area contributed by atoms with Gasteiger partial charge in [-0.3, -0.25) is 19.2 Å². The largest absolute Gasteiger partial charge is 0.481 e. The number of hydrogen-bond donors (Lipinski definition) is 2. The molecular weight excluding hydrogens is 578 g/mol. The van der Waals surface area contributed by atoms with Crippen molar-refractivity contribution in [1.82, 2.24) is 15.1 Å². The minimum atomic E-state index is -1.03. The number of carboxylic acids is 1. The number of methoxy groups -OCH3 is 1. The summed E-state index contributed by atoms with van der Waals surface area (Å²) < 4.78 is 17.6. The summed E-state index contributed by atoms with van der Waals surface area (Å²) in [4.78, 5) is 54.6. The predicted molar refractivity (Wildman–Crippen MR) is 171 cm³/mol. The fraction of sp³-hybridized carbons (Fsp3) is 0.882. The van der Waals surface area contributed by atoms with E-state index >= 15 is 0 Å². The second-order valence-electron chi connectivity index (χ2n) is 13.7. The monoisotopic (exact) mass is 637 g/mol. The van der Waals surface area contributed by atoms with Gasteiger partial charge in [0.15, 0.2) is 0 Å². The SMILES string of the molecule is COC1CCCC(C(=O)N(CCC(=O)O)CC(=O)N(CCC(C)C)CC(=O)NC2CCCC(OCCOC3CCCCC3)C2)C1. The zero-order valence-electron chi connectivity index (χ0n) is 28.0.